The Morgan fingerprint density at radius 3 is 2.69 bits per heavy atom. The molecule has 172 valence electrons. The molecule has 0 amide bonds. The molecule has 1 aromatic carbocycles. The minimum atomic E-state index is -4.43. The molecule has 0 saturated heterocycles. The topological polar surface area (TPSA) is 75.5 Å². The van der Waals surface area contributed by atoms with Crippen molar-refractivity contribution in [1.29, 1.82) is 0 Å². The lowest BCUT2D eigenvalue weighted by molar-refractivity contribution is -0.153. The number of hydrogen-bond donors (Lipinski definition) is 0. The third-order valence-electron chi connectivity index (χ3n) is 4.41. The van der Waals surface area contributed by atoms with Gasteiger partial charge in [-0.15, -0.1) is 0 Å². The number of halogens is 3. The molecule has 32 heavy (non-hydrogen) atoms. The number of carbonyl (C=O) groups is 1. The smallest absolute Gasteiger partial charge is 0.422 e. The van der Waals surface area contributed by atoms with Crippen molar-refractivity contribution < 1.29 is 31.6 Å². The third kappa shape index (κ3) is 6.13. The van der Waals surface area contributed by atoms with Crippen molar-refractivity contribution in [2.75, 3.05) is 6.61 Å². The molecule has 2 aromatic heterocycles. The molecule has 0 saturated carbocycles. The van der Waals surface area contributed by atoms with Gasteiger partial charge in [0.2, 0.25) is 0 Å². The van der Waals surface area contributed by atoms with Crippen LogP contribution in [0.5, 0.6) is 5.75 Å². The molecule has 2 heterocycles. The molecule has 0 spiro atoms. The predicted octanol–water partition coefficient (Wildman–Crippen LogP) is 5.06. The highest BCUT2D eigenvalue weighted by atomic mass is 32.2. The fourth-order valence-corrected chi connectivity index (χ4v) is 3.35. The summed E-state index contributed by atoms with van der Waals surface area (Å²) >= 11 is 0.960. The number of esters is 1. The maximum Gasteiger partial charge on any atom is 0.422 e. The number of ether oxygens (including phenoxy) is 2. The summed E-state index contributed by atoms with van der Waals surface area (Å²) in [7, 11) is 0. The number of benzene rings is 1. The Hall–Kier alpha value is -2.79. The SMILES string of the molecule is Cc1c(OCC(F)(F)F)ccnc1COSc1nc2ccccc2n1COC(=O)C(C)C. The number of imidazole rings is 1. The molecule has 11 heteroatoms. The molecule has 3 aromatic rings. The first-order chi connectivity index (χ1) is 15.2. The van der Waals surface area contributed by atoms with Crippen LogP contribution in [0.3, 0.4) is 0 Å². The van der Waals surface area contributed by atoms with Gasteiger partial charge in [0.15, 0.2) is 18.5 Å². The first-order valence-corrected chi connectivity index (χ1v) is 10.5. The highest BCUT2D eigenvalue weighted by molar-refractivity contribution is 7.94. The second-order valence-electron chi connectivity index (χ2n) is 7.19. The monoisotopic (exact) mass is 469 g/mol. The minimum absolute atomic E-state index is 0.00864. The van der Waals surface area contributed by atoms with E-state index in [1.165, 1.54) is 12.3 Å². The molecule has 0 N–H and O–H groups in total. The van der Waals surface area contributed by atoms with Crippen LogP contribution in [0.2, 0.25) is 0 Å². The summed E-state index contributed by atoms with van der Waals surface area (Å²) in [5, 5.41) is 0.463. The fraction of sp³-hybridized carbons (Fsp3) is 0.381. The summed E-state index contributed by atoms with van der Waals surface area (Å²) in [5.41, 5.74) is 2.37. The Labute approximate surface area is 187 Å². The van der Waals surface area contributed by atoms with E-state index in [2.05, 4.69) is 9.97 Å². The van der Waals surface area contributed by atoms with Crippen molar-refractivity contribution in [3.8, 4) is 5.75 Å². The van der Waals surface area contributed by atoms with Gasteiger partial charge in [-0.3, -0.25) is 14.3 Å². The van der Waals surface area contributed by atoms with E-state index in [0.29, 0.717) is 21.9 Å². The molecule has 0 radical (unpaired) electrons. The van der Waals surface area contributed by atoms with Crippen molar-refractivity contribution in [3.05, 3.63) is 47.8 Å². The molecule has 0 atom stereocenters. The predicted molar refractivity (Wildman–Crippen MR) is 112 cm³/mol. The number of alkyl halides is 3. The van der Waals surface area contributed by atoms with Crippen molar-refractivity contribution >= 4 is 29.0 Å². The number of fused-ring (bicyclic) bond motifs is 1. The number of rotatable bonds is 9. The number of carbonyl (C=O) groups excluding carboxylic acids is 1. The average Bonchev–Trinajstić information content (AvgIpc) is 3.09. The highest BCUT2D eigenvalue weighted by Crippen LogP contribution is 2.28. The lowest BCUT2D eigenvalue weighted by atomic mass is 10.2. The Balaban J connectivity index is 1.70. The zero-order chi connectivity index (χ0) is 23.3. The Morgan fingerprint density at radius 2 is 1.97 bits per heavy atom. The van der Waals surface area contributed by atoms with Gasteiger partial charge in [-0.05, 0) is 25.1 Å². The standard InChI is InChI=1S/C21H22F3N3O4S/c1-13(2)19(28)30-12-27-17-7-5-4-6-15(17)26-20(27)32-31-10-16-14(3)18(8-9-25-16)29-11-21(22,23)24/h4-9,13H,10-12H2,1-3H3. The largest absolute Gasteiger partial charge is 0.484 e. The maximum atomic E-state index is 12.4. The van der Waals surface area contributed by atoms with E-state index < -0.39 is 12.8 Å². The molecule has 0 aliphatic carbocycles. The van der Waals surface area contributed by atoms with Crippen molar-refractivity contribution in [2.24, 2.45) is 5.92 Å². The number of hydrogen-bond acceptors (Lipinski definition) is 7. The van der Waals surface area contributed by atoms with Crippen LogP contribution in [0.1, 0.15) is 25.1 Å². The molecule has 0 bridgehead atoms. The van der Waals surface area contributed by atoms with Crippen LogP contribution in [0.4, 0.5) is 13.2 Å². The normalized spacial score (nSPS) is 11.8. The van der Waals surface area contributed by atoms with E-state index in [1.54, 1.807) is 25.3 Å². The third-order valence-corrected chi connectivity index (χ3v) is 5.10. The molecule has 3 rings (SSSR count). The van der Waals surface area contributed by atoms with Crippen molar-refractivity contribution in [2.45, 2.75) is 45.4 Å². The second kappa shape index (κ2) is 10.2. The van der Waals surface area contributed by atoms with Gasteiger partial charge >= 0.3 is 12.1 Å². The van der Waals surface area contributed by atoms with Crippen molar-refractivity contribution in [3.63, 3.8) is 0 Å². The van der Waals surface area contributed by atoms with Crippen LogP contribution in [-0.4, -0.2) is 33.3 Å². The molecular formula is C21H22F3N3O4S. The van der Waals surface area contributed by atoms with Gasteiger partial charge in [-0.2, -0.15) is 13.2 Å². The van der Waals surface area contributed by atoms with Gasteiger partial charge in [0.1, 0.15) is 12.4 Å². The summed E-state index contributed by atoms with van der Waals surface area (Å²) < 4.78 is 54.9. The van der Waals surface area contributed by atoms with E-state index in [4.69, 9.17) is 13.7 Å². The van der Waals surface area contributed by atoms with Crippen LogP contribution < -0.4 is 4.74 Å². The summed E-state index contributed by atoms with van der Waals surface area (Å²) in [6.07, 6.45) is -3.07. The van der Waals surface area contributed by atoms with Crippen LogP contribution >= 0.6 is 12.0 Å². The minimum Gasteiger partial charge on any atom is -0.484 e. The molecule has 0 aliphatic rings. The first-order valence-electron chi connectivity index (χ1n) is 9.71. The molecule has 0 fully saturated rings. The molecule has 0 aliphatic heterocycles. The zero-order valence-electron chi connectivity index (χ0n) is 17.7. The maximum absolute atomic E-state index is 12.4. The number of para-hydroxylation sites is 2. The quantitative estimate of drug-likeness (QED) is 0.320. The van der Waals surface area contributed by atoms with Gasteiger partial charge in [0, 0.05) is 11.8 Å². The second-order valence-corrected chi connectivity index (χ2v) is 7.96. The van der Waals surface area contributed by atoms with E-state index in [1.807, 2.05) is 24.3 Å². The van der Waals surface area contributed by atoms with E-state index in [0.717, 1.165) is 17.6 Å². The van der Waals surface area contributed by atoms with Crippen LogP contribution in [0.15, 0.2) is 41.7 Å². The van der Waals surface area contributed by atoms with Gasteiger partial charge in [0.05, 0.1) is 34.7 Å². The summed E-state index contributed by atoms with van der Waals surface area (Å²) in [6, 6.07) is 8.74. The van der Waals surface area contributed by atoms with E-state index in [9.17, 15) is 18.0 Å². The Bertz CT molecular complexity index is 1090. The molecule has 0 unspecified atom stereocenters. The van der Waals surface area contributed by atoms with E-state index in [-0.39, 0.29) is 31.0 Å². The summed E-state index contributed by atoms with van der Waals surface area (Å²) in [4.78, 5) is 20.5. The first kappa shape index (κ1) is 23.9. The molecular weight excluding hydrogens is 447 g/mol. The fourth-order valence-electron chi connectivity index (χ4n) is 2.70. The van der Waals surface area contributed by atoms with Gasteiger partial charge in [-0.1, -0.05) is 26.0 Å². The Kier molecular flexibility index (Phi) is 7.62. The Morgan fingerprint density at radius 1 is 1.22 bits per heavy atom. The number of nitrogens with zero attached hydrogens (tertiary/aromatic N) is 3. The van der Waals surface area contributed by atoms with Gasteiger partial charge < -0.3 is 13.7 Å². The van der Waals surface area contributed by atoms with Gasteiger partial charge in [0.25, 0.3) is 0 Å². The zero-order valence-corrected chi connectivity index (χ0v) is 18.5. The number of aromatic nitrogens is 3. The van der Waals surface area contributed by atoms with Gasteiger partial charge in [-0.25, -0.2) is 4.98 Å². The van der Waals surface area contributed by atoms with Crippen LogP contribution in [0.25, 0.3) is 11.0 Å². The van der Waals surface area contributed by atoms with Crippen molar-refractivity contribution in [1.82, 2.24) is 14.5 Å². The lowest BCUT2D eigenvalue weighted by Gasteiger charge is -2.13. The average molecular weight is 469 g/mol. The lowest BCUT2D eigenvalue weighted by Crippen LogP contribution is -2.19. The van der Waals surface area contributed by atoms with Crippen LogP contribution in [-0.2, 0) is 27.1 Å². The summed E-state index contributed by atoms with van der Waals surface area (Å²) in [6.45, 7) is 3.70. The summed E-state index contributed by atoms with van der Waals surface area (Å²) in [5.74, 6) is -0.512. The van der Waals surface area contributed by atoms with E-state index >= 15 is 0 Å². The highest BCUT2D eigenvalue weighted by Gasteiger charge is 2.28. The number of pyridine rings is 1. The molecule has 7 nitrogen and oxygen atoms in total. The van der Waals surface area contributed by atoms with Crippen LogP contribution in [0, 0.1) is 12.8 Å².